The number of rotatable bonds is 9. The molecule has 3 aromatic carbocycles. The summed E-state index contributed by atoms with van der Waals surface area (Å²) in [5.74, 6) is 0.567. The first-order valence-corrected chi connectivity index (χ1v) is 13.5. The van der Waals surface area contributed by atoms with Gasteiger partial charge in [0.2, 0.25) is 0 Å². The molecule has 31 heavy (non-hydrogen) atoms. The largest absolute Gasteiger partial charge is 0.373 e. The second-order valence-corrected chi connectivity index (χ2v) is 11.6. The van der Waals surface area contributed by atoms with Gasteiger partial charge in [0.1, 0.15) is 7.14 Å². The Kier molecular flexibility index (Phi) is 7.78. The van der Waals surface area contributed by atoms with E-state index in [2.05, 4.69) is 24.3 Å². The summed E-state index contributed by atoms with van der Waals surface area (Å²) in [5.41, 5.74) is 1.21. The fourth-order valence-electron chi connectivity index (χ4n) is 4.79. The van der Waals surface area contributed by atoms with E-state index in [1.165, 1.54) is 37.7 Å². The van der Waals surface area contributed by atoms with Crippen LogP contribution in [0.25, 0.3) is 0 Å². The lowest BCUT2D eigenvalue weighted by atomic mass is 9.84. The van der Waals surface area contributed by atoms with Gasteiger partial charge in [0.15, 0.2) is 0 Å². The van der Waals surface area contributed by atoms with Gasteiger partial charge in [-0.15, -0.1) is 0 Å². The van der Waals surface area contributed by atoms with Crippen molar-refractivity contribution >= 4 is 17.8 Å². The maximum absolute atomic E-state index is 14.4. The molecule has 0 N–H and O–H groups in total. The van der Waals surface area contributed by atoms with Gasteiger partial charge in [-0.05, 0) is 30.7 Å². The monoisotopic (exact) mass is 432 g/mol. The van der Waals surface area contributed by atoms with Crippen LogP contribution >= 0.6 is 7.14 Å². The van der Waals surface area contributed by atoms with E-state index in [0.29, 0.717) is 18.7 Å². The Balaban J connectivity index is 1.54. The predicted octanol–water partition coefficient (Wildman–Crippen LogP) is 6.56. The zero-order valence-corrected chi connectivity index (χ0v) is 19.1. The van der Waals surface area contributed by atoms with Gasteiger partial charge in [-0.1, -0.05) is 110 Å². The number of benzene rings is 3. The lowest BCUT2D eigenvalue weighted by Crippen LogP contribution is -2.29. The van der Waals surface area contributed by atoms with E-state index >= 15 is 0 Å². The van der Waals surface area contributed by atoms with E-state index in [1.54, 1.807) is 0 Å². The molecule has 0 spiro atoms. The fourth-order valence-corrected chi connectivity index (χ4v) is 7.53. The van der Waals surface area contributed by atoms with E-state index in [0.717, 1.165) is 17.0 Å². The van der Waals surface area contributed by atoms with Crippen molar-refractivity contribution in [2.24, 2.45) is 5.92 Å². The van der Waals surface area contributed by atoms with Gasteiger partial charge in [-0.25, -0.2) is 0 Å². The topological polar surface area (TPSA) is 26.3 Å². The molecular weight excluding hydrogens is 399 g/mol. The molecule has 0 radical (unpaired) electrons. The van der Waals surface area contributed by atoms with Crippen LogP contribution in [-0.2, 0) is 15.9 Å². The Labute approximate surface area is 187 Å². The third-order valence-electron chi connectivity index (χ3n) is 6.56. The second-order valence-electron chi connectivity index (χ2n) is 8.66. The van der Waals surface area contributed by atoms with E-state index < -0.39 is 7.14 Å². The van der Waals surface area contributed by atoms with Crippen molar-refractivity contribution in [2.45, 2.75) is 51.2 Å². The van der Waals surface area contributed by atoms with Crippen molar-refractivity contribution in [3.05, 3.63) is 96.6 Å². The molecule has 0 aliphatic heterocycles. The van der Waals surface area contributed by atoms with Crippen molar-refractivity contribution < 1.29 is 9.30 Å². The highest BCUT2D eigenvalue weighted by Gasteiger charge is 2.31. The Hall–Kier alpha value is -2.15. The molecule has 0 heterocycles. The molecule has 1 aliphatic carbocycles. The normalized spacial score (nSPS) is 16.1. The van der Waals surface area contributed by atoms with Crippen molar-refractivity contribution in [1.82, 2.24) is 0 Å². The average molecular weight is 433 g/mol. The van der Waals surface area contributed by atoms with Gasteiger partial charge in [-0.2, -0.15) is 0 Å². The molecule has 1 aliphatic rings. The zero-order valence-electron chi connectivity index (χ0n) is 18.2. The van der Waals surface area contributed by atoms with Crippen molar-refractivity contribution in [3.8, 4) is 0 Å². The van der Waals surface area contributed by atoms with E-state index in [1.807, 2.05) is 66.7 Å². The molecular formula is C28H33O2P. The lowest BCUT2D eigenvalue weighted by Gasteiger charge is -2.31. The van der Waals surface area contributed by atoms with Crippen molar-refractivity contribution in [2.75, 3.05) is 6.16 Å². The summed E-state index contributed by atoms with van der Waals surface area (Å²) in [6.07, 6.45) is 7.97. The Morgan fingerprint density at radius 2 is 1.26 bits per heavy atom. The van der Waals surface area contributed by atoms with E-state index in [9.17, 15) is 4.57 Å². The first kappa shape index (κ1) is 22.1. The van der Waals surface area contributed by atoms with Gasteiger partial charge >= 0.3 is 0 Å². The van der Waals surface area contributed by atoms with Crippen LogP contribution in [0.5, 0.6) is 0 Å². The molecule has 1 fully saturated rings. The molecule has 3 aromatic rings. The highest BCUT2D eigenvalue weighted by Crippen LogP contribution is 2.45. The Morgan fingerprint density at radius 1 is 0.742 bits per heavy atom. The zero-order chi connectivity index (χ0) is 21.4. The quantitative estimate of drug-likeness (QED) is 0.358. The predicted molar refractivity (Wildman–Crippen MR) is 131 cm³/mol. The third-order valence-corrected chi connectivity index (χ3v) is 9.71. The highest BCUT2D eigenvalue weighted by molar-refractivity contribution is 7.78. The number of hydrogen-bond acceptors (Lipinski definition) is 2. The number of ether oxygens (including phenoxy) is 1. The Bertz CT molecular complexity index is 907. The summed E-state index contributed by atoms with van der Waals surface area (Å²) in [6, 6.07) is 30.5. The summed E-state index contributed by atoms with van der Waals surface area (Å²) >= 11 is 0. The Morgan fingerprint density at radius 3 is 1.81 bits per heavy atom. The maximum Gasteiger partial charge on any atom is 0.143 e. The first-order chi connectivity index (χ1) is 15.3. The molecule has 0 unspecified atom stereocenters. The fraction of sp³-hybridized carbons (Fsp3) is 0.357. The number of hydrogen-bond donors (Lipinski definition) is 0. The van der Waals surface area contributed by atoms with Crippen LogP contribution in [0.2, 0.25) is 0 Å². The molecule has 0 aromatic heterocycles. The molecule has 0 saturated heterocycles. The van der Waals surface area contributed by atoms with Crippen LogP contribution in [0, 0.1) is 5.92 Å². The standard InChI is InChI=1S/C28H33O2P/c29-31(26-17-9-3-10-18-26,27-19-11-4-12-20-27)22-21-28(25-15-7-2-8-16-25)30-23-24-13-5-1-6-14-24/h1,3-6,9-14,17-20,25,28H,2,7-8,15-16,21-23H2/t28-/m1/s1. The van der Waals surface area contributed by atoms with Crippen LogP contribution in [0.1, 0.15) is 44.1 Å². The van der Waals surface area contributed by atoms with Crippen LogP contribution in [0.4, 0.5) is 0 Å². The van der Waals surface area contributed by atoms with Gasteiger partial charge < -0.3 is 9.30 Å². The van der Waals surface area contributed by atoms with Crippen molar-refractivity contribution in [1.29, 1.82) is 0 Å². The van der Waals surface area contributed by atoms with Gasteiger partial charge in [0.25, 0.3) is 0 Å². The van der Waals surface area contributed by atoms with Gasteiger partial charge in [0, 0.05) is 16.8 Å². The summed E-state index contributed by atoms with van der Waals surface area (Å²) in [7, 11) is -2.70. The third kappa shape index (κ3) is 5.76. The second kappa shape index (κ2) is 10.9. The first-order valence-electron chi connectivity index (χ1n) is 11.6. The minimum Gasteiger partial charge on any atom is -0.373 e. The summed E-state index contributed by atoms with van der Waals surface area (Å²) in [5, 5.41) is 1.90. The molecule has 162 valence electrons. The van der Waals surface area contributed by atoms with Crippen LogP contribution in [0.3, 0.4) is 0 Å². The molecule has 1 saturated carbocycles. The molecule has 2 nitrogen and oxygen atoms in total. The smallest absolute Gasteiger partial charge is 0.143 e. The molecule has 3 heteroatoms. The van der Waals surface area contributed by atoms with Crippen LogP contribution < -0.4 is 10.6 Å². The van der Waals surface area contributed by atoms with E-state index in [4.69, 9.17) is 4.74 Å². The van der Waals surface area contributed by atoms with Gasteiger partial charge in [-0.3, -0.25) is 0 Å². The minimum atomic E-state index is -2.70. The summed E-state index contributed by atoms with van der Waals surface area (Å²) < 4.78 is 20.9. The summed E-state index contributed by atoms with van der Waals surface area (Å²) in [4.78, 5) is 0. The minimum absolute atomic E-state index is 0.154. The molecule has 0 bridgehead atoms. The van der Waals surface area contributed by atoms with E-state index in [-0.39, 0.29) is 6.10 Å². The lowest BCUT2D eigenvalue weighted by molar-refractivity contribution is -0.0118. The van der Waals surface area contributed by atoms with Crippen molar-refractivity contribution in [3.63, 3.8) is 0 Å². The summed E-state index contributed by atoms with van der Waals surface area (Å²) in [6.45, 7) is 0.628. The molecule has 0 amide bonds. The maximum atomic E-state index is 14.4. The molecule has 1 atom stereocenters. The van der Waals surface area contributed by atoms with Crippen LogP contribution in [-0.4, -0.2) is 12.3 Å². The average Bonchev–Trinajstić information content (AvgIpc) is 2.86. The molecule has 4 rings (SSSR count). The highest BCUT2D eigenvalue weighted by atomic mass is 31.2. The SMILES string of the molecule is O=P(CC[C@@H](OCc1ccccc1)C1CCCCC1)(c1ccccc1)c1ccccc1. The van der Waals surface area contributed by atoms with Crippen LogP contribution in [0.15, 0.2) is 91.0 Å². The van der Waals surface area contributed by atoms with Gasteiger partial charge in [0.05, 0.1) is 12.7 Å².